The number of hydrogen-bond acceptors (Lipinski definition) is 7. The van der Waals surface area contributed by atoms with Crippen molar-refractivity contribution < 1.29 is 14.5 Å². The normalized spacial score (nSPS) is 15.1. The summed E-state index contributed by atoms with van der Waals surface area (Å²) in [5, 5.41) is 17.8. The second-order valence-electron chi connectivity index (χ2n) is 6.18. The first-order valence-corrected chi connectivity index (χ1v) is 9.20. The molecule has 1 fully saturated rings. The molecule has 2 aromatic heterocycles. The molecule has 0 spiro atoms. The highest BCUT2D eigenvalue weighted by Crippen LogP contribution is 2.25. The zero-order chi connectivity index (χ0) is 19.6. The van der Waals surface area contributed by atoms with Crippen molar-refractivity contribution in [2.75, 3.05) is 33.2 Å². The van der Waals surface area contributed by atoms with Gasteiger partial charge in [0.15, 0.2) is 0 Å². The summed E-state index contributed by atoms with van der Waals surface area (Å²) >= 11 is 0.868. The Labute approximate surface area is 171 Å². The van der Waals surface area contributed by atoms with Gasteiger partial charge in [0.05, 0.1) is 16.0 Å². The van der Waals surface area contributed by atoms with Crippen molar-refractivity contribution in [2.24, 2.45) is 7.05 Å². The Bertz CT molecular complexity index is 861. The van der Waals surface area contributed by atoms with Crippen molar-refractivity contribution in [3.8, 4) is 0 Å². The fourth-order valence-corrected chi connectivity index (χ4v) is 3.82. The lowest BCUT2D eigenvalue weighted by Crippen LogP contribution is -2.52. The predicted octanol–water partition coefficient (Wildman–Crippen LogP) is 1.06. The summed E-state index contributed by atoms with van der Waals surface area (Å²) in [6, 6.07) is 2.33. The van der Waals surface area contributed by atoms with Gasteiger partial charge in [0.2, 0.25) is 5.91 Å². The number of aryl methyl sites for hydroxylation is 1. The fourth-order valence-electron chi connectivity index (χ4n) is 3.03. The number of thiophene rings is 1. The third kappa shape index (κ3) is 4.49. The standard InChI is InChI=1S/C16H20N6O4S.ClH/c1-17-14(11-9-18-19(2)10-11)16(24)21-7-5-20(6-8-21)15(23)12-3-4-13(27-12)22(25)26;/h3-4,9-10,14,17H,5-8H2,1-2H3;1H. The van der Waals surface area contributed by atoms with Crippen molar-refractivity contribution in [1.82, 2.24) is 24.9 Å². The lowest BCUT2D eigenvalue weighted by atomic mass is 10.1. The van der Waals surface area contributed by atoms with Crippen LogP contribution >= 0.6 is 23.7 Å². The van der Waals surface area contributed by atoms with Crippen LogP contribution in [0.1, 0.15) is 21.3 Å². The fraction of sp³-hybridized carbons (Fsp3) is 0.438. The second kappa shape index (κ2) is 9.13. The molecule has 0 aromatic carbocycles. The molecule has 1 atom stereocenters. The molecule has 2 aromatic rings. The Morgan fingerprint density at radius 2 is 1.89 bits per heavy atom. The van der Waals surface area contributed by atoms with Gasteiger partial charge in [0.1, 0.15) is 6.04 Å². The van der Waals surface area contributed by atoms with E-state index in [-0.39, 0.29) is 29.2 Å². The lowest BCUT2D eigenvalue weighted by molar-refractivity contribution is -0.380. The molecule has 10 nitrogen and oxygen atoms in total. The molecular formula is C16H21ClN6O4S. The molecule has 1 aliphatic rings. The summed E-state index contributed by atoms with van der Waals surface area (Å²) < 4.78 is 1.64. The number of halogens is 1. The summed E-state index contributed by atoms with van der Waals surface area (Å²) in [5.74, 6) is -0.304. The molecule has 1 aliphatic heterocycles. The molecule has 1 unspecified atom stereocenters. The maximum absolute atomic E-state index is 12.8. The number of piperazine rings is 1. The van der Waals surface area contributed by atoms with Gasteiger partial charge in [-0.1, -0.05) is 11.3 Å². The minimum Gasteiger partial charge on any atom is -0.337 e. The second-order valence-corrected chi connectivity index (χ2v) is 7.24. The van der Waals surface area contributed by atoms with Crippen LogP contribution in [0.15, 0.2) is 24.5 Å². The Kier molecular flexibility index (Phi) is 7.11. The third-order valence-electron chi connectivity index (χ3n) is 4.45. The van der Waals surface area contributed by atoms with Gasteiger partial charge in [-0.25, -0.2) is 0 Å². The van der Waals surface area contributed by atoms with Gasteiger partial charge < -0.3 is 15.1 Å². The molecular weight excluding hydrogens is 408 g/mol. The zero-order valence-corrected chi connectivity index (χ0v) is 17.0. The quantitative estimate of drug-likeness (QED) is 0.562. The number of nitrogens with zero attached hydrogens (tertiary/aromatic N) is 5. The van der Waals surface area contributed by atoms with Gasteiger partial charge >= 0.3 is 5.00 Å². The van der Waals surface area contributed by atoms with Crippen LogP contribution in [-0.4, -0.2) is 69.5 Å². The van der Waals surface area contributed by atoms with Gasteiger partial charge in [-0.05, 0) is 13.1 Å². The smallest absolute Gasteiger partial charge is 0.324 e. The van der Waals surface area contributed by atoms with E-state index in [0.29, 0.717) is 31.1 Å². The number of likely N-dealkylation sites (N-methyl/N-ethyl adjacent to an activating group) is 1. The molecule has 1 saturated heterocycles. The van der Waals surface area contributed by atoms with Gasteiger partial charge in [-0.3, -0.25) is 24.4 Å². The van der Waals surface area contributed by atoms with Gasteiger partial charge in [-0.15, -0.1) is 12.4 Å². The minimum absolute atomic E-state index is 0. The van der Waals surface area contributed by atoms with Crippen LogP contribution in [0.25, 0.3) is 0 Å². The highest BCUT2D eigenvalue weighted by molar-refractivity contribution is 7.17. The first-order chi connectivity index (χ1) is 12.9. The molecule has 0 saturated carbocycles. The summed E-state index contributed by atoms with van der Waals surface area (Å²) in [7, 11) is 3.51. The van der Waals surface area contributed by atoms with Crippen molar-refractivity contribution in [2.45, 2.75) is 6.04 Å². The lowest BCUT2D eigenvalue weighted by Gasteiger charge is -2.36. The number of carbonyl (C=O) groups is 2. The number of hydrogen-bond donors (Lipinski definition) is 1. The summed E-state index contributed by atoms with van der Waals surface area (Å²) in [6.07, 6.45) is 3.45. The van der Waals surface area contributed by atoms with E-state index in [9.17, 15) is 19.7 Å². The number of aromatic nitrogens is 2. The summed E-state index contributed by atoms with van der Waals surface area (Å²) in [5.41, 5.74) is 0.786. The van der Waals surface area contributed by atoms with Crippen LogP contribution in [0.5, 0.6) is 0 Å². The molecule has 1 N–H and O–H groups in total. The molecule has 3 heterocycles. The van der Waals surface area contributed by atoms with E-state index in [0.717, 1.165) is 16.9 Å². The van der Waals surface area contributed by atoms with E-state index < -0.39 is 11.0 Å². The van der Waals surface area contributed by atoms with Crippen LogP contribution in [0.4, 0.5) is 5.00 Å². The van der Waals surface area contributed by atoms with Crippen LogP contribution in [0.3, 0.4) is 0 Å². The van der Waals surface area contributed by atoms with Crippen molar-refractivity contribution in [3.05, 3.63) is 45.1 Å². The third-order valence-corrected chi connectivity index (χ3v) is 5.48. The Balaban J connectivity index is 0.00000280. The molecule has 3 rings (SSSR count). The molecule has 0 aliphatic carbocycles. The van der Waals surface area contributed by atoms with Crippen molar-refractivity contribution in [1.29, 1.82) is 0 Å². The Morgan fingerprint density at radius 1 is 1.25 bits per heavy atom. The number of nitro groups is 1. The monoisotopic (exact) mass is 428 g/mol. The number of rotatable bonds is 5. The Hall–Kier alpha value is -2.50. The van der Waals surface area contributed by atoms with E-state index in [1.807, 2.05) is 0 Å². The first-order valence-electron chi connectivity index (χ1n) is 8.39. The van der Waals surface area contributed by atoms with Crippen LogP contribution in [0, 0.1) is 10.1 Å². The van der Waals surface area contributed by atoms with Crippen LogP contribution in [0.2, 0.25) is 0 Å². The average molecular weight is 429 g/mol. The predicted molar refractivity (Wildman–Crippen MR) is 106 cm³/mol. The van der Waals surface area contributed by atoms with E-state index in [2.05, 4.69) is 10.4 Å². The number of amides is 2. The van der Waals surface area contributed by atoms with E-state index >= 15 is 0 Å². The van der Waals surface area contributed by atoms with Crippen LogP contribution < -0.4 is 5.32 Å². The first kappa shape index (κ1) is 21.8. The number of carbonyl (C=O) groups excluding carboxylic acids is 2. The molecule has 0 bridgehead atoms. The highest BCUT2D eigenvalue weighted by atomic mass is 35.5. The molecule has 2 amide bonds. The highest BCUT2D eigenvalue weighted by Gasteiger charge is 2.30. The van der Waals surface area contributed by atoms with E-state index in [4.69, 9.17) is 0 Å². The Morgan fingerprint density at radius 3 is 2.39 bits per heavy atom. The zero-order valence-electron chi connectivity index (χ0n) is 15.4. The minimum atomic E-state index is -0.506. The molecule has 28 heavy (non-hydrogen) atoms. The molecule has 152 valence electrons. The van der Waals surface area contributed by atoms with Crippen molar-refractivity contribution in [3.63, 3.8) is 0 Å². The largest absolute Gasteiger partial charge is 0.337 e. The topological polar surface area (TPSA) is 114 Å². The van der Waals surface area contributed by atoms with Crippen molar-refractivity contribution >= 4 is 40.6 Å². The summed E-state index contributed by atoms with van der Waals surface area (Å²) in [4.78, 5) is 39.3. The maximum atomic E-state index is 12.8. The van der Waals surface area contributed by atoms with Gasteiger partial charge in [0, 0.05) is 51.1 Å². The summed E-state index contributed by atoms with van der Waals surface area (Å²) in [6.45, 7) is 1.60. The number of nitrogens with one attached hydrogen (secondary N) is 1. The van der Waals surface area contributed by atoms with E-state index in [1.54, 1.807) is 41.0 Å². The average Bonchev–Trinajstić information content (AvgIpc) is 3.31. The SMILES string of the molecule is CNC(C(=O)N1CCN(C(=O)c2ccc([N+](=O)[O-])s2)CC1)c1cnn(C)c1.Cl. The molecule has 12 heteroatoms. The van der Waals surface area contributed by atoms with Crippen LogP contribution in [-0.2, 0) is 11.8 Å². The molecule has 0 radical (unpaired) electrons. The van der Waals surface area contributed by atoms with Gasteiger partial charge in [0.25, 0.3) is 5.91 Å². The van der Waals surface area contributed by atoms with E-state index in [1.165, 1.54) is 12.1 Å². The van der Waals surface area contributed by atoms with Gasteiger partial charge in [-0.2, -0.15) is 5.10 Å². The maximum Gasteiger partial charge on any atom is 0.324 e.